The summed E-state index contributed by atoms with van der Waals surface area (Å²) in [5.74, 6) is 0.639. The molecule has 0 unspecified atom stereocenters. The summed E-state index contributed by atoms with van der Waals surface area (Å²) in [5.41, 5.74) is 4.22. The van der Waals surface area contributed by atoms with Gasteiger partial charge in [0, 0.05) is 17.5 Å². The number of para-hydroxylation sites is 2. The van der Waals surface area contributed by atoms with E-state index >= 15 is 0 Å². The van der Waals surface area contributed by atoms with Crippen molar-refractivity contribution in [3.63, 3.8) is 0 Å². The smallest absolute Gasteiger partial charge is 0.338 e. The molecule has 0 amide bonds. The maximum atomic E-state index is 13.7. The van der Waals surface area contributed by atoms with Gasteiger partial charge in [0.05, 0.1) is 31.0 Å². The average molecular weight is 511 g/mol. The number of fused-ring (bicyclic) bond motifs is 1. The maximum Gasteiger partial charge on any atom is 0.338 e. The zero-order chi connectivity index (χ0) is 26.8. The van der Waals surface area contributed by atoms with Crippen molar-refractivity contribution in [2.75, 3.05) is 14.2 Å². The summed E-state index contributed by atoms with van der Waals surface area (Å²) in [6.07, 6.45) is 1.65. The Morgan fingerprint density at radius 1 is 0.947 bits per heavy atom. The molecule has 0 aliphatic heterocycles. The monoisotopic (exact) mass is 510 g/mol. The highest BCUT2D eigenvalue weighted by atomic mass is 16.5. The SMILES string of the molecule is COC(=O)c1ccccc1COc1cccn2c(=O)c(-c3cc(C)n(-c4ccccc4OC)n3)c(C)nc12. The van der Waals surface area contributed by atoms with E-state index in [4.69, 9.17) is 24.3 Å². The fourth-order valence-corrected chi connectivity index (χ4v) is 4.41. The molecule has 9 heteroatoms. The van der Waals surface area contributed by atoms with Crippen LogP contribution < -0.4 is 15.0 Å². The zero-order valence-corrected chi connectivity index (χ0v) is 21.5. The van der Waals surface area contributed by atoms with E-state index in [-0.39, 0.29) is 12.2 Å². The van der Waals surface area contributed by atoms with Crippen LogP contribution in [0.15, 0.2) is 77.7 Å². The molecule has 0 aliphatic carbocycles. The number of carbonyl (C=O) groups excluding carboxylic acids is 1. The summed E-state index contributed by atoms with van der Waals surface area (Å²) in [7, 11) is 2.94. The summed E-state index contributed by atoms with van der Waals surface area (Å²) in [6.45, 7) is 3.80. The number of aromatic nitrogens is 4. The molecule has 0 spiro atoms. The second kappa shape index (κ2) is 10.2. The quantitative estimate of drug-likeness (QED) is 0.297. The first-order valence-corrected chi connectivity index (χ1v) is 11.9. The highest BCUT2D eigenvalue weighted by molar-refractivity contribution is 5.90. The molecule has 9 nitrogen and oxygen atoms in total. The van der Waals surface area contributed by atoms with Crippen LogP contribution in [0, 0.1) is 13.8 Å². The molecule has 38 heavy (non-hydrogen) atoms. The third-order valence-electron chi connectivity index (χ3n) is 6.26. The van der Waals surface area contributed by atoms with Gasteiger partial charge in [-0.05, 0) is 50.2 Å². The van der Waals surface area contributed by atoms with Crippen molar-refractivity contribution in [3.8, 4) is 28.4 Å². The first kappa shape index (κ1) is 24.8. The second-order valence-electron chi connectivity index (χ2n) is 8.64. The molecule has 0 atom stereocenters. The number of rotatable bonds is 7. The Morgan fingerprint density at radius 3 is 2.47 bits per heavy atom. The van der Waals surface area contributed by atoms with Gasteiger partial charge >= 0.3 is 5.97 Å². The van der Waals surface area contributed by atoms with Crippen molar-refractivity contribution >= 4 is 11.6 Å². The van der Waals surface area contributed by atoms with Crippen molar-refractivity contribution in [1.29, 1.82) is 0 Å². The van der Waals surface area contributed by atoms with Crippen LogP contribution in [0.5, 0.6) is 11.5 Å². The predicted molar refractivity (Wildman–Crippen MR) is 142 cm³/mol. The zero-order valence-electron chi connectivity index (χ0n) is 21.5. The lowest BCUT2D eigenvalue weighted by Crippen LogP contribution is -2.19. The van der Waals surface area contributed by atoms with Crippen LogP contribution in [0.3, 0.4) is 0 Å². The van der Waals surface area contributed by atoms with Crippen molar-refractivity contribution < 1.29 is 19.0 Å². The molecule has 192 valence electrons. The van der Waals surface area contributed by atoms with Gasteiger partial charge in [0.15, 0.2) is 11.4 Å². The van der Waals surface area contributed by atoms with Gasteiger partial charge in [0.25, 0.3) is 5.56 Å². The number of hydrogen-bond donors (Lipinski definition) is 0. The average Bonchev–Trinajstić information content (AvgIpc) is 3.32. The lowest BCUT2D eigenvalue weighted by Gasteiger charge is -2.13. The number of nitrogens with zero attached hydrogens (tertiary/aromatic N) is 4. The molecule has 2 aromatic carbocycles. The third-order valence-corrected chi connectivity index (χ3v) is 6.26. The number of ether oxygens (including phenoxy) is 3. The summed E-state index contributed by atoms with van der Waals surface area (Å²) in [4.78, 5) is 30.5. The molecular weight excluding hydrogens is 484 g/mol. The maximum absolute atomic E-state index is 13.7. The lowest BCUT2D eigenvalue weighted by atomic mass is 10.1. The largest absolute Gasteiger partial charge is 0.494 e. The van der Waals surface area contributed by atoms with Gasteiger partial charge in [-0.1, -0.05) is 30.3 Å². The Kier molecular flexibility index (Phi) is 6.66. The highest BCUT2D eigenvalue weighted by Gasteiger charge is 2.20. The number of benzene rings is 2. The fraction of sp³-hybridized carbons (Fsp3) is 0.172. The molecule has 0 bridgehead atoms. The first-order chi connectivity index (χ1) is 18.4. The molecule has 5 aromatic rings. The third kappa shape index (κ3) is 4.39. The highest BCUT2D eigenvalue weighted by Crippen LogP contribution is 2.27. The Balaban J connectivity index is 1.54. The van der Waals surface area contributed by atoms with Crippen LogP contribution in [-0.4, -0.2) is 39.4 Å². The molecule has 0 aliphatic rings. The molecule has 5 rings (SSSR count). The van der Waals surface area contributed by atoms with Gasteiger partial charge in [-0.25, -0.2) is 14.5 Å². The summed E-state index contributed by atoms with van der Waals surface area (Å²) < 4.78 is 19.6. The minimum atomic E-state index is -0.445. The Morgan fingerprint density at radius 2 is 1.68 bits per heavy atom. The van der Waals surface area contributed by atoms with E-state index in [9.17, 15) is 9.59 Å². The minimum Gasteiger partial charge on any atom is -0.494 e. The number of carbonyl (C=O) groups is 1. The molecule has 0 fully saturated rings. The number of esters is 1. The fourth-order valence-electron chi connectivity index (χ4n) is 4.41. The van der Waals surface area contributed by atoms with Crippen molar-refractivity contribution in [2.24, 2.45) is 0 Å². The van der Waals surface area contributed by atoms with Crippen LogP contribution >= 0.6 is 0 Å². The Labute approximate surface area is 218 Å². The Bertz CT molecular complexity index is 1720. The molecule has 0 saturated carbocycles. The van der Waals surface area contributed by atoms with E-state index in [0.717, 1.165) is 11.4 Å². The normalized spacial score (nSPS) is 10.9. The van der Waals surface area contributed by atoms with Crippen LogP contribution in [0.1, 0.15) is 27.3 Å². The van der Waals surface area contributed by atoms with Crippen molar-refractivity contribution in [3.05, 3.63) is 106 Å². The van der Waals surface area contributed by atoms with Crippen molar-refractivity contribution in [2.45, 2.75) is 20.5 Å². The van der Waals surface area contributed by atoms with Gasteiger partial charge in [-0.2, -0.15) is 5.10 Å². The number of aryl methyl sites for hydroxylation is 2. The van der Waals surface area contributed by atoms with Gasteiger partial charge in [-0.3, -0.25) is 9.20 Å². The van der Waals surface area contributed by atoms with Crippen LogP contribution in [-0.2, 0) is 11.3 Å². The molecule has 3 heterocycles. The van der Waals surface area contributed by atoms with E-state index in [0.29, 0.717) is 45.2 Å². The van der Waals surface area contributed by atoms with E-state index in [1.54, 1.807) is 55.2 Å². The topological polar surface area (TPSA) is 97.0 Å². The minimum absolute atomic E-state index is 0.101. The molecule has 3 aromatic heterocycles. The van der Waals surface area contributed by atoms with Crippen LogP contribution in [0.2, 0.25) is 0 Å². The van der Waals surface area contributed by atoms with E-state index in [2.05, 4.69) is 0 Å². The first-order valence-electron chi connectivity index (χ1n) is 11.9. The number of methoxy groups -OCH3 is 2. The predicted octanol–water partition coefficient (Wildman–Crippen LogP) is 4.54. The van der Waals surface area contributed by atoms with E-state index in [1.165, 1.54) is 11.5 Å². The Hall–Kier alpha value is -4.92. The van der Waals surface area contributed by atoms with Gasteiger partial charge in [-0.15, -0.1) is 0 Å². The number of pyridine rings is 1. The van der Waals surface area contributed by atoms with Gasteiger partial charge in [0.1, 0.15) is 23.7 Å². The van der Waals surface area contributed by atoms with Crippen LogP contribution in [0.4, 0.5) is 0 Å². The summed E-state index contributed by atoms with van der Waals surface area (Å²) >= 11 is 0. The molecule has 0 N–H and O–H groups in total. The standard InChI is InChI=1S/C29H26N4O5/c1-18-16-22(31-33(18)23-12-7-8-13-24(23)36-3)26-19(2)30-27-25(14-9-15-32(27)28(26)34)38-17-20-10-5-6-11-21(20)29(35)37-4/h5-16H,17H2,1-4H3. The van der Waals surface area contributed by atoms with Gasteiger partial charge < -0.3 is 14.2 Å². The molecule has 0 radical (unpaired) electrons. The van der Waals surface area contributed by atoms with E-state index < -0.39 is 5.97 Å². The lowest BCUT2D eigenvalue weighted by molar-refractivity contribution is 0.0597. The summed E-state index contributed by atoms with van der Waals surface area (Å²) in [5, 5.41) is 4.73. The van der Waals surface area contributed by atoms with Crippen LogP contribution in [0.25, 0.3) is 22.6 Å². The summed E-state index contributed by atoms with van der Waals surface area (Å²) in [6, 6.07) is 19.9. The second-order valence-corrected chi connectivity index (χ2v) is 8.64. The van der Waals surface area contributed by atoms with Gasteiger partial charge in [0.2, 0.25) is 0 Å². The molecular formula is C29H26N4O5. The van der Waals surface area contributed by atoms with Crippen molar-refractivity contribution in [1.82, 2.24) is 19.2 Å². The van der Waals surface area contributed by atoms with E-state index in [1.807, 2.05) is 43.3 Å². The number of hydrogen-bond acceptors (Lipinski definition) is 7. The molecule has 0 saturated heterocycles.